The van der Waals surface area contributed by atoms with Gasteiger partial charge in [-0.15, -0.1) is 0 Å². The van der Waals surface area contributed by atoms with E-state index < -0.39 is 0 Å². The van der Waals surface area contributed by atoms with E-state index in [2.05, 4.69) is 6.07 Å². The summed E-state index contributed by atoms with van der Waals surface area (Å²) >= 11 is 0. The first-order valence-corrected chi connectivity index (χ1v) is 6.54. The number of carbonyl (C=O) groups excluding carboxylic acids is 1. The molecule has 2 rings (SSSR count). The number of hydrogen-bond donors (Lipinski definition) is 0. The van der Waals surface area contributed by atoms with Crippen molar-refractivity contribution < 1.29 is 9.18 Å². The molecule has 2 aromatic carbocycles. The molecule has 0 aliphatic carbocycles. The summed E-state index contributed by atoms with van der Waals surface area (Å²) in [6.45, 7) is 4.34. The zero-order chi connectivity index (χ0) is 14.7. The number of hydrogen-bond acceptors (Lipinski definition) is 2. The molecular formula is C17H18FNO. The molecule has 0 bridgehead atoms. The topological polar surface area (TPSA) is 20.3 Å². The Kier molecular flexibility index (Phi) is 4.18. The second kappa shape index (κ2) is 5.87. The van der Waals surface area contributed by atoms with E-state index in [1.807, 2.05) is 37.9 Å². The summed E-state index contributed by atoms with van der Waals surface area (Å²) in [4.78, 5) is 14.1. The van der Waals surface area contributed by atoms with Crippen LogP contribution in [0.1, 0.15) is 21.5 Å². The van der Waals surface area contributed by atoms with Gasteiger partial charge in [-0.1, -0.05) is 17.7 Å². The molecule has 2 aromatic rings. The molecular weight excluding hydrogens is 253 g/mol. The fourth-order valence-electron chi connectivity index (χ4n) is 2.26. The number of benzene rings is 2. The van der Waals surface area contributed by atoms with Gasteiger partial charge >= 0.3 is 0 Å². The first-order chi connectivity index (χ1) is 9.47. The third-order valence-electron chi connectivity index (χ3n) is 3.31. The summed E-state index contributed by atoms with van der Waals surface area (Å²) in [5, 5.41) is 0. The van der Waals surface area contributed by atoms with Gasteiger partial charge in [-0.3, -0.25) is 4.79 Å². The minimum Gasteiger partial charge on any atom is -0.367 e. The number of Topliss-reactive ketones (excluding diaryl/α,β-unsaturated/α-hetero) is 1. The lowest BCUT2D eigenvalue weighted by atomic mass is 10.1. The second-order valence-electron chi connectivity index (χ2n) is 5.08. The van der Waals surface area contributed by atoms with Gasteiger partial charge in [-0.05, 0) is 49.7 Å². The Morgan fingerprint density at radius 1 is 1.10 bits per heavy atom. The Morgan fingerprint density at radius 2 is 1.75 bits per heavy atom. The highest BCUT2D eigenvalue weighted by Gasteiger charge is 2.11. The zero-order valence-corrected chi connectivity index (χ0v) is 12.0. The maximum Gasteiger partial charge on any atom is 0.182 e. The predicted octanol–water partition coefficient (Wildman–Crippen LogP) is 3.76. The average Bonchev–Trinajstić information content (AvgIpc) is 2.39. The van der Waals surface area contributed by atoms with Crippen molar-refractivity contribution in [2.45, 2.75) is 13.8 Å². The normalized spacial score (nSPS) is 10.4. The Hall–Kier alpha value is -2.16. The van der Waals surface area contributed by atoms with Crippen molar-refractivity contribution in [3.8, 4) is 0 Å². The molecule has 0 aliphatic rings. The van der Waals surface area contributed by atoms with Crippen LogP contribution in [0.2, 0.25) is 0 Å². The van der Waals surface area contributed by atoms with Crippen LogP contribution in [-0.2, 0) is 0 Å². The van der Waals surface area contributed by atoms with E-state index in [0.717, 1.165) is 11.3 Å². The minimum absolute atomic E-state index is 0.0209. The molecule has 0 saturated carbocycles. The number of carbonyl (C=O) groups is 1. The van der Waals surface area contributed by atoms with E-state index in [0.29, 0.717) is 5.56 Å². The third kappa shape index (κ3) is 3.23. The van der Waals surface area contributed by atoms with E-state index in [-0.39, 0.29) is 18.1 Å². The smallest absolute Gasteiger partial charge is 0.182 e. The maximum atomic E-state index is 12.8. The number of nitrogens with zero attached hydrogens (tertiary/aromatic N) is 1. The Labute approximate surface area is 118 Å². The van der Waals surface area contributed by atoms with Crippen LogP contribution in [0.4, 0.5) is 10.1 Å². The van der Waals surface area contributed by atoms with Gasteiger partial charge in [-0.25, -0.2) is 4.39 Å². The molecule has 0 spiro atoms. The van der Waals surface area contributed by atoms with Crippen molar-refractivity contribution in [2.24, 2.45) is 0 Å². The Morgan fingerprint density at radius 3 is 2.35 bits per heavy atom. The second-order valence-corrected chi connectivity index (χ2v) is 5.08. The van der Waals surface area contributed by atoms with Crippen molar-refractivity contribution in [1.29, 1.82) is 0 Å². The van der Waals surface area contributed by atoms with Gasteiger partial charge in [0.25, 0.3) is 0 Å². The van der Waals surface area contributed by atoms with Crippen molar-refractivity contribution in [2.75, 3.05) is 18.5 Å². The molecule has 0 aromatic heterocycles. The summed E-state index contributed by atoms with van der Waals surface area (Å²) in [5.74, 6) is -0.350. The van der Waals surface area contributed by atoms with Gasteiger partial charge in [0.1, 0.15) is 5.82 Å². The number of likely N-dealkylation sites (N-methyl/N-ethyl adjacent to an activating group) is 1. The highest BCUT2D eigenvalue weighted by Crippen LogP contribution is 2.20. The molecule has 0 N–H and O–H groups in total. The minimum atomic E-state index is -0.329. The van der Waals surface area contributed by atoms with Crippen molar-refractivity contribution in [3.63, 3.8) is 0 Å². The highest BCUT2D eigenvalue weighted by atomic mass is 19.1. The van der Waals surface area contributed by atoms with Crippen molar-refractivity contribution in [3.05, 3.63) is 65.0 Å². The van der Waals surface area contributed by atoms with Crippen molar-refractivity contribution in [1.82, 2.24) is 0 Å². The van der Waals surface area contributed by atoms with Gasteiger partial charge < -0.3 is 4.90 Å². The molecule has 0 saturated heterocycles. The van der Waals surface area contributed by atoms with Gasteiger partial charge in [0.15, 0.2) is 5.78 Å². The summed E-state index contributed by atoms with van der Waals surface area (Å²) in [6.07, 6.45) is 0. The predicted molar refractivity (Wildman–Crippen MR) is 79.9 cm³/mol. The lowest BCUT2D eigenvalue weighted by Gasteiger charge is -2.21. The molecule has 0 aliphatic heterocycles. The average molecular weight is 271 g/mol. The molecule has 0 atom stereocenters. The van der Waals surface area contributed by atoms with Crippen LogP contribution in [-0.4, -0.2) is 19.4 Å². The zero-order valence-electron chi connectivity index (χ0n) is 12.0. The molecule has 20 heavy (non-hydrogen) atoms. The standard InChI is InChI=1S/C17H18FNO/c1-12-4-9-16(13(2)10-12)19(3)11-17(20)14-5-7-15(18)8-6-14/h4-10H,11H2,1-3H3. The van der Waals surface area contributed by atoms with Crippen LogP contribution in [0.3, 0.4) is 0 Å². The van der Waals surface area contributed by atoms with Gasteiger partial charge in [0, 0.05) is 18.3 Å². The Bertz CT molecular complexity index is 619. The van der Waals surface area contributed by atoms with Crippen LogP contribution < -0.4 is 4.90 Å². The van der Waals surface area contributed by atoms with Gasteiger partial charge in [0.2, 0.25) is 0 Å². The van der Waals surface area contributed by atoms with E-state index in [4.69, 9.17) is 0 Å². The monoisotopic (exact) mass is 271 g/mol. The lowest BCUT2D eigenvalue weighted by Crippen LogP contribution is -2.26. The quantitative estimate of drug-likeness (QED) is 0.789. The summed E-state index contributed by atoms with van der Waals surface area (Å²) < 4.78 is 12.8. The number of anilines is 1. The third-order valence-corrected chi connectivity index (χ3v) is 3.31. The number of rotatable bonds is 4. The van der Waals surface area contributed by atoms with Gasteiger partial charge in [-0.2, -0.15) is 0 Å². The SMILES string of the molecule is Cc1ccc(N(C)CC(=O)c2ccc(F)cc2)c(C)c1. The summed E-state index contributed by atoms with van der Waals surface area (Å²) in [7, 11) is 1.89. The number of halogens is 1. The molecule has 104 valence electrons. The molecule has 2 nitrogen and oxygen atoms in total. The molecule has 3 heteroatoms. The molecule has 0 radical (unpaired) electrons. The van der Waals surface area contributed by atoms with Crippen LogP contribution in [0, 0.1) is 19.7 Å². The van der Waals surface area contributed by atoms with Crippen LogP contribution in [0.15, 0.2) is 42.5 Å². The molecule has 0 heterocycles. The van der Waals surface area contributed by atoms with Crippen molar-refractivity contribution >= 4 is 11.5 Å². The molecule has 0 amide bonds. The van der Waals surface area contributed by atoms with E-state index in [1.165, 1.54) is 29.8 Å². The highest BCUT2D eigenvalue weighted by molar-refractivity contribution is 5.99. The van der Waals surface area contributed by atoms with E-state index in [1.54, 1.807) is 0 Å². The van der Waals surface area contributed by atoms with Crippen LogP contribution in [0.25, 0.3) is 0 Å². The Balaban J connectivity index is 2.12. The fourth-order valence-corrected chi connectivity index (χ4v) is 2.26. The lowest BCUT2D eigenvalue weighted by molar-refractivity contribution is 0.100. The van der Waals surface area contributed by atoms with Crippen LogP contribution >= 0.6 is 0 Å². The maximum absolute atomic E-state index is 12.8. The number of aryl methyl sites for hydroxylation is 2. The fraction of sp³-hybridized carbons (Fsp3) is 0.235. The number of ketones is 1. The summed E-state index contributed by atoms with van der Waals surface area (Å²) in [5.41, 5.74) is 3.90. The summed E-state index contributed by atoms with van der Waals surface area (Å²) in [6, 6.07) is 11.8. The van der Waals surface area contributed by atoms with E-state index >= 15 is 0 Å². The largest absolute Gasteiger partial charge is 0.367 e. The first kappa shape index (κ1) is 14.3. The molecule has 0 fully saturated rings. The molecule has 0 unspecified atom stereocenters. The van der Waals surface area contributed by atoms with E-state index in [9.17, 15) is 9.18 Å². The van der Waals surface area contributed by atoms with Gasteiger partial charge in [0.05, 0.1) is 6.54 Å². The first-order valence-electron chi connectivity index (χ1n) is 6.54. The van der Waals surface area contributed by atoms with Crippen LogP contribution in [0.5, 0.6) is 0 Å².